The minimum absolute atomic E-state index is 0.326. The molecule has 8 heteroatoms. The van der Waals surface area contributed by atoms with Crippen LogP contribution in [0.5, 0.6) is 0 Å². The number of methoxy groups -OCH3 is 1. The van der Waals surface area contributed by atoms with E-state index in [-0.39, 0.29) is 11.6 Å². The van der Waals surface area contributed by atoms with Gasteiger partial charge < -0.3 is 15.0 Å². The minimum Gasteiger partial charge on any atom is -0.383 e. The van der Waals surface area contributed by atoms with Gasteiger partial charge in [0.25, 0.3) is 5.56 Å². The predicted octanol–water partition coefficient (Wildman–Crippen LogP) is -0.417. The Morgan fingerprint density at radius 2 is 2.00 bits per heavy atom. The standard InChI is InChI=1S/C13H21N5O3/c1-5-17-9-11(15-10(17)8(2)14)18(6-7-21-4)13(20)16(3)12(9)19/h8H,5-7,14H2,1-4H3. The Labute approximate surface area is 121 Å². The van der Waals surface area contributed by atoms with Crippen LogP contribution in [0, 0.1) is 0 Å². The van der Waals surface area contributed by atoms with Gasteiger partial charge in [0, 0.05) is 20.7 Å². The van der Waals surface area contributed by atoms with E-state index in [0.717, 1.165) is 4.57 Å². The fourth-order valence-electron chi connectivity index (χ4n) is 2.43. The summed E-state index contributed by atoms with van der Waals surface area (Å²) in [5.74, 6) is 0.598. The van der Waals surface area contributed by atoms with Crippen LogP contribution in [0.1, 0.15) is 25.7 Å². The maximum atomic E-state index is 12.4. The third-order valence-corrected chi connectivity index (χ3v) is 3.50. The van der Waals surface area contributed by atoms with Crippen molar-refractivity contribution in [2.45, 2.75) is 33.0 Å². The number of ether oxygens (including phenoxy) is 1. The minimum atomic E-state index is -0.401. The molecule has 8 nitrogen and oxygen atoms in total. The molecule has 0 amide bonds. The zero-order valence-electron chi connectivity index (χ0n) is 12.8. The topological polar surface area (TPSA) is 97.1 Å². The van der Waals surface area contributed by atoms with Gasteiger partial charge in [0.05, 0.1) is 19.2 Å². The third-order valence-electron chi connectivity index (χ3n) is 3.50. The Morgan fingerprint density at radius 3 is 2.52 bits per heavy atom. The number of hydrogen-bond donors (Lipinski definition) is 1. The van der Waals surface area contributed by atoms with Crippen molar-refractivity contribution in [1.29, 1.82) is 0 Å². The molecule has 0 aliphatic heterocycles. The molecule has 1 unspecified atom stereocenters. The second kappa shape index (κ2) is 5.82. The molecule has 2 aromatic rings. The number of nitrogens with two attached hydrogens (primary N) is 1. The highest BCUT2D eigenvalue weighted by Gasteiger charge is 2.20. The Hall–Kier alpha value is -1.93. The zero-order valence-corrected chi connectivity index (χ0v) is 12.8. The molecule has 2 rings (SSSR count). The van der Waals surface area contributed by atoms with Gasteiger partial charge in [-0.1, -0.05) is 0 Å². The third kappa shape index (κ3) is 2.40. The van der Waals surface area contributed by atoms with E-state index < -0.39 is 5.69 Å². The molecule has 0 radical (unpaired) electrons. The molecule has 0 aromatic carbocycles. The van der Waals surface area contributed by atoms with Crippen LogP contribution < -0.4 is 17.0 Å². The van der Waals surface area contributed by atoms with E-state index in [0.29, 0.717) is 36.7 Å². The molecule has 116 valence electrons. The molecule has 0 aliphatic rings. The first-order valence-corrected chi connectivity index (χ1v) is 6.88. The van der Waals surface area contributed by atoms with Crippen LogP contribution in [0.3, 0.4) is 0 Å². The first kappa shape index (κ1) is 15.5. The van der Waals surface area contributed by atoms with Crippen molar-refractivity contribution in [3.05, 3.63) is 26.7 Å². The molecule has 0 aliphatic carbocycles. The van der Waals surface area contributed by atoms with Crippen molar-refractivity contribution in [2.24, 2.45) is 12.8 Å². The van der Waals surface area contributed by atoms with Gasteiger partial charge >= 0.3 is 5.69 Å². The second-order valence-electron chi connectivity index (χ2n) is 4.97. The van der Waals surface area contributed by atoms with Crippen LogP contribution in [0.25, 0.3) is 11.2 Å². The highest BCUT2D eigenvalue weighted by Crippen LogP contribution is 2.16. The summed E-state index contributed by atoms with van der Waals surface area (Å²) >= 11 is 0. The molecular weight excluding hydrogens is 274 g/mol. The maximum absolute atomic E-state index is 12.4. The molecule has 2 heterocycles. The van der Waals surface area contributed by atoms with Crippen molar-refractivity contribution >= 4 is 11.2 Å². The van der Waals surface area contributed by atoms with Crippen molar-refractivity contribution in [2.75, 3.05) is 13.7 Å². The lowest BCUT2D eigenvalue weighted by atomic mass is 10.3. The van der Waals surface area contributed by atoms with Crippen LogP contribution in [0.2, 0.25) is 0 Å². The SMILES string of the molecule is CCn1c(C(C)N)nc2c1c(=O)n(C)c(=O)n2CCOC. The number of aryl methyl sites for hydroxylation is 1. The first-order chi connectivity index (χ1) is 9.93. The van der Waals surface area contributed by atoms with Gasteiger partial charge in [-0.3, -0.25) is 13.9 Å². The van der Waals surface area contributed by atoms with E-state index in [1.165, 1.54) is 11.6 Å². The van der Waals surface area contributed by atoms with Crippen LogP contribution in [-0.4, -0.2) is 32.4 Å². The van der Waals surface area contributed by atoms with Gasteiger partial charge in [-0.2, -0.15) is 0 Å². The molecule has 0 fully saturated rings. The van der Waals surface area contributed by atoms with Gasteiger partial charge in [-0.25, -0.2) is 9.78 Å². The molecule has 1 atom stereocenters. The van der Waals surface area contributed by atoms with Gasteiger partial charge in [-0.05, 0) is 13.8 Å². The Kier molecular flexibility index (Phi) is 4.29. The lowest BCUT2D eigenvalue weighted by molar-refractivity contribution is 0.186. The highest BCUT2D eigenvalue weighted by atomic mass is 16.5. The molecule has 2 aromatic heterocycles. The normalized spacial score (nSPS) is 13.0. The molecule has 2 N–H and O–H groups in total. The zero-order chi connectivity index (χ0) is 15.7. The molecule has 0 saturated carbocycles. The van der Waals surface area contributed by atoms with E-state index in [1.807, 2.05) is 6.92 Å². The van der Waals surface area contributed by atoms with Crippen LogP contribution >= 0.6 is 0 Å². The van der Waals surface area contributed by atoms with Crippen LogP contribution in [-0.2, 0) is 24.9 Å². The van der Waals surface area contributed by atoms with Crippen molar-refractivity contribution < 1.29 is 4.74 Å². The average molecular weight is 295 g/mol. The Morgan fingerprint density at radius 1 is 1.33 bits per heavy atom. The van der Waals surface area contributed by atoms with Gasteiger partial charge in [0.1, 0.15) is 5.82 Å². The highest BCUT2D eigenvalue weighted by molar-refractivity contribution is 5.71. The summed E-state index contributed by atoms with van der Waals surface area (Å²) in [4.78, 5) is 29.1. The lowest BCUT2D eigenvalue weighted by Gasteiger charge is -2.09. The second-order valence-corrected chi connectivity index (χ2v) is 4.97. The summed E-state index contributed by atoms with van der Waals surface area (Å²) in [5.41, 5.74) is 5.94. The molecule has 21 heavy (non-hydrogen) atoms. The fourth-order valence-corrected chi connectivity index (χ4v) is 2.43. The Balaban J connectivity index is 2.91. The van der Waals surface area contributed by atoms with Gasteiger partial charge in [0.15, 0.2) is 11.2 Å². The van der Waals surface area contributed by atoms with E-state index in [2.05, 4.69) is 4.98 Å². The molecule has 0 spiro atoms. The maximum Gasteiger partial charge on any atom is 0.332 e. The number of rotatable bonds is 5. The molecular formula is C13H21N5O3. The lowest BCUT2D eigenvalue weighted by Crippen LogP contribution is -2.39. The van der Waals surface area contributed by atoms with E-state index in [4.69, 9.17) is 10.5 Å². The van der Waals surface area contributed by atoms with Crippen LogP contribution in [0.4, 0.5) is 0 Å². The monoisotopic (exact) mass is 295 g/mol. The smallest absolute Gasteiger partial charge is 0.332 e. The van der Waals surface area contributed by atoms with E-state index >= 15 is 0 Å². The molecule has 0 saturated heterocycles. The van der Waals surface area contributed by atoms with E-state index in [9.17, 15) is 9.59 Å². The number of imidazole rings is 1. The van der Waals surface area contributed by atoms with Crippen LogP contribution in [0.15, 0.2) is 9.59 Å². The number of fused-ring (bicyclic) bond motifs is 1. The summed E-state index contributed by atoms with van der Waals surface area (Å²) in [6.45, 7) is 4.97. The summed E-state index contributed by atoms with van der Waals surface area (Å²) in [6.07, 6.45) is 0. The summed E-state index contributed by atoms with van der Waals surface area (Å²) in [5, 5.41) is 0. The predicted molar refractivity (Wildman–Crippen MR) is 79.4 cm³/mol. The number of nitrogens with zero attached hydrogens (tertiary/aromatic N) is 4. The molecule has 0 bridgehead atoms. The Bertz CT molecular complexity index is 769. The first-order valence-electron chi connectivity index (χ1n) is 6.88. The number of aromatic nitrogens is 4. The fraction of sp³-hybridized carbons (Fsp3) is 0.615. The van der Waals surface area contributed by atoms with Crippen molar-refractivity contribution in [1.82, 2.24) is 18.7 Å². The summed E-state index contributed by atoms with van der Waals surface area (Å²) in [7, 11) is 3.02. The average Bonchev–Trinajstić information content (AvgIpc) is 2.84. The summed E-state index contributed by atoms with van der Waals surface area (Å²) in [6, 6.07) is -0.326. The van der Waals surface area contributed by atoms with Gasteiger partial charge in [-0.15, -0.1) is 0 Å². The van der Waals surface area contributed by atoms with Crippen molar-refractivity contribution in [3.8, 4) is 0 Å². The quantitative estimate of drug-likeness (QED) is 0.808. The van der Waals surface area contributed by atoms with E-state index in [1.54, 1.807) is 18.6 Å². The van der Waals surface area contributed by atoms with Crippen molar-refractivity contribution in [3.63, 3.8) is 0 Å². The van der Waals surface area contributed by atoms with Gasteiger partial charge in [0.2, 0.25) is 0 Å². The largest absolute Gasteiger partial charge is 0.383 e. The summed E-state index contributed by atoms with van der Waals surface area (Å²) < 4.78 is 9.34. The number of hydrogen-bond acceptors (Lipinski definition) is 5.